The van der Waals surface area contributed by atoms with Gasteiger partial charge in [-0.2, -0.15) is 15.0 Å². The summed E-state index contributed by atoms with van der Waals surface area (Å²) in [6, 6.07) is 0.266. The molecule has 0 atom stereocenters. The van der Waals surface area contributed by atoms with Gasteiger partial charge < -0.3 is 14.4 Å². The molecule has 0 aliphatic carbocycles. The van der Waals surface area contributed by atoms with Gasteiger partial charge in [0.2, 0.25) is 11.9 Å². The van der Waals surface area contributed by atoms with E-state index in [0.717, 1.165) is 25.9 Å². The number of nitrogens with one attached hydrogen (secondary N) is 1. The van der Waals surface area contributed by atoms with Crippen LogP contribution in [0, 0.1) is 0 Å². The number of nitrogens with zero attached hydrogens (tertiary/aromatic N) is 4. The molecule has 2 rings (SSSR count). The first kappa shape index (κ1) is 14.7. The van der Waals surface area contributed by atoms with Gasteiger partial charge in [-0.3, -0.25) is 5.43 Å². The SMILES string of the molecule is CC(C)OCCOc1nc(NN)nc(N2CCCC2)n1. The maximum absolute atomic E-state index is 5.49. The van der Waals surface area contributed by atoms with E-state index in [1.807, 2.05) is 13.8 Å². The summed E-state index contributed by atoms with van der Waals surface area (Å²) in [5.74, 6) is 6.29. The molecular formula is C12H22N6O2. The van der Waals surface area contributed by atoms with E-state index in [2.05, 4.69) is 25.3 Å². The van der Waals surface area contributed by atoms with Crippen molar-refractivity contribution in [3.63, 3.8) is 0 Å². The first-order chi connectivity index (χ1) is 9.69. The van der Waals surface area contributed by atoms with Gasteiger partial charge >= 0.3 is 6.01 Å². The van der Waals surface area contributed by atoms with Crippen LogP contribution in [0.4, 0.5) is 11.9 Å². The summed E-state index contributed by atoms with van der Waals surface area (Å²) in [6.07, 6.45) is 2.48. The predicted octanol–water partition coefficient (Wildman–Crippen LogP) is 0.561. The summed E-state index contributed by atoms with van der Waals surface area (Å²) >= 11 is 0. The van der Waals surface area contributed by atoms with Crippen LogP contribution < -0.4 is 20.9 Å². The van der Waals surface area contributed by atoms with E-state index < -0.39 is 0 Å². The zero-order valence-electron chi connectivity index (χ0n) is 12.0. The standard InChI is InChI=1S/C12H22N6O2/c1-9(2)19-7-8-20-12-15-10(17-13)14-11(16-12)18-5-3-4-6-18/h9H,3-8,13H2,1-2H3,(H,14,15,16,17). The van der Waals surface area contributed by atoms with Crippen molar-refractivity contribution in [3.8, 4) is 6.01 Å². The quantitative estimate of drug-likeness (QED) is 0.425. The third-order valence-electron chi connectivity index (χ3n) is 2.89. The molecule has 8 nitrogen and oxygen atoms in total. The van der Waals surface area contributed by atoms with E-state index in [1.165, 1.54) is 0 Å². The molecule has 0 unspecified atom stereocenters. The molecule has 0 spiro atoms. The number of rotatable bonds is 7. The zero-order valence-corrected chi connectivity index (χ0v) is 12.0. The summed E-state index contributed by atoms with van der Waals surface area (Å²) in [5, 5.41) is 0. The number of hydrazine groups is 1. The molecule has 1 saturated heterocycles. The normalized spacial score (nSPS) is 14.9. The fourth-order valence-corrected chi connectivity index (χ4v) is 1.95. The summed E-state index contributed by atoms with van der Waals surface area (Å²) in [5.41, 5.74) is 2.44. The van der Waals surface area contributed by atoms with Crippen molar-refractivity contribution in [2.24, 2.45) is 5.84 Å². The summed E-state index contributed by atoms with van der Waals surface area (Å²) in [6.45, 7) is 6.74. The Kier molecular flexibility index (Phi) is 5.31. The van der Waals surface area contributed by atoms with E-state index in [-0.39, 0.29) is 12.1 Å². The molecule has 2 heterocycles. The molecular weight excluding hydrogens is 260 g/mol. The van der Waals surface area contributed by atoms with Gasteiger partial charge in [0.05, 0.1) is 12.7 Å². The molecule has 8 heteroatoms. The van der Waals surface area contributed by atoms with Crippen LogP contribution in [0.5, 0.6) is 6.01 Å². The molecule has 0 bridgehead atoms. The van der Waals surface area contributed by atoms with Gasteiger partial charge in [0.1, 0.15) is 6.61 Å². The van der Waals surface area contributed by atoms with Crippen molar-refractivity contribution in [2.45, 2.75) is 32.8 Å². The Bertz CT molecular complexity index is 422. The van der Waals surface area contributed by atoms with Crippen LogP contribution in [0.1, 0.15) is 26.7 Å². The van der Waals surface area contributed by atoms with Gasteiger partial charge in [-0.25, -0.2) is 5.84 Å². The maximum Gasteiger partial charge on any atom is 0.323 e. The molecule has 1 aromatic rings. The minimum absolute atomic E-state index is 0.179. The third-order valence-corrected chi connectivity index (χ3v) is 2.89. The summed E-state index contributed by atoms with van der Waals surface area (Å²) < 4.78 is 10.9. The van der Waals surface area contributed by atoms with Gasteiger partial charge in [0, 0.05) is 13.1 Å². The molecule has 20 heavy (non-hydrogen) atoms. The molecule has 0 aromatic carbocycles. The van der Waals surface area contributed by atoms with E-state index >= 15 is 0 Å². The Morgan fingerprint density at radius 2 is 1.95 bits per heavy atom. The van der Waals surface area contributed by atoms with Crippen LogP contribution in [0.25, 0.3) is 0 Å². The van der Waals surface area contributed by atoms with Gasteiger partial charge in [-0.05, 0) is 26.7 Å². The smallest absolute Gasteiger partial charge is 0.323 e. The predicted molar refractivity (Wildman–Crippen MR) is 75.7 cm³/mol. The van der Waals surface area contributed by atoms with E-state index in [9.17, 15) is 0 Å². The highest BCUT2D eigenvalue weighted by atomic mass is 16.5. The number of hydrogen-bond acceptors (Lipinski definition) is 8. The highest BCUT2D eigenvalue weighted by Gasteiger charge is 2.17. The van der Waals surface area contributed by atoms with Crippen molar-refractivity contribution in [2.75, 3.05) is 36.6 Å². The molecule has 0 radical (unpaired) electrons. The third kappa shape index (κ3) is 4.17. The zero-order chi connectivity index (χ0) is 14.4. The lowest BCUT2D eigenvalue weighted by Crippen LogP contribution is -2.23. The van der Waals surface area contributed by atoms with Crippen LogP contribution in [0.3, 0.4) is 0 Å². The van der Waals surface area contributed by atoms with Gasteiger partial charge in [0.15, 0.2) is 0 Å². The first-order valence-electron chi connectivity index (χ1n) is 6.91. The van der Waals surface area contributed by atoms with Gasteiger partial charge in [0.25, 0.3) is 0 Å². The molecule has 3 N–H and O–H groups in total. The van der Waals surface area contributed by atoms with Crippen LogP contribution in [0.2, 0.25) is 0 Å². The Morgan fingerprint density at radius 1 is 1.20 bits per heavy atom. The lowest BCUT2D eigenvalue weighted by molar-refractivity contribution is 0.0531. The molecule has 1 aromatic heterocycles. The number of nitrogens with two attached hydrogens (primary N) is 1. The summed E-state index contributed by atoms with van der Waals surface area (Å²) in [4.78, 5) is 14.7. The average Bonchev–Trinajstić information content (AvgIpc) is 2.97. The van der Waals surface area contributed by atoms with Crippen LogP contribution in [-0.4, -0.2) is 47.4 Å². The Balaban J connectivity index is 1.98. The van der Waals surface area contributed by atoms with Crippen molar-refractivity contribution < 1.29 is 9.47 Å². The largest absolute Gasteiger partial charge is 0.461 e. The van der Waals surface area contributed by atoms with E-state index in [4.69, 9.17) is 15.3 Å². The van der Waals surface area contributed by atoms with Crippen molar-refractivity contribution in [1.29, 1.82) is 0 Å². The number of nitrogen functional groups attached to an aromatic ring is 1. The average molecular weight is 282 g/mol. The minimum Gasteiger partial charge on any atom is -0.461 e. The maximum atomic E-state index is 5.49. The molecule has 1 aliphatic rings. The second-order valence-electron chi connectivity index (χ2n) is 4.85. The second kappa shape index (κ2) is 7.20. The minimum atomic E-state index is 0.179. The first-order valence-corrected chi connectivity index (χ1v) is 6.91. The van der Waals surface area contributed by atoms with Crippen LogP contribution in [-0.2, 0) is 4.74 Å². The Labute approximate surface area is 118 Å². The molecule has 112 valence electrons. The highest BCUT2D eigenvalue weighted by Crippen LogP contribution is 2.19. The molecule has 0 saturated carbocycles. The van der Waals surface area contributed by atoms with Crippen molar-refractivity contribution in [1.82, 2.24) is 15.0 Å². The second-order valence-corrected chi connectivity index (χ2v) is 4.85. The number of hydrogen-bond donors (Lipinski definition) is 2. The van der Waals surface area contributed by atoms with Crippen LogP contribution >= 0.6 is 0 Å². The molecule has 1 aliphatic heterocycles. The van der Waals surface area contributed by atoms with E-state index in [1.54, 1.807) is 0 Å². The topological polar surface area (TPSA) is 98.4 Å². The van der Waals surface area contributed by atoms with Gasteiger partial charge in [-0.1, -0.05) is 0 Å². The fourth-order valence-electron chi connectivity index (χ4n) is 1.95. The van der Waals surface area contributed by atoms with Gasteiger partial charge in [-0.15, -0.1) is 0 Å². The van der Waals surface area contributed by atoms with Crippen molar-refractivity contribution in [3.05, 3.63) is 0 Å². The lowest BCUT2D eigenvalue weighted by Gasteiger charge is -2.16. The number of ether oxygens (including phenoxy) is 2. The fraction of sp³-hybridized carbons (Fsp3) is 0.750. The lowest BCUT2D eigenvalue weighted by atomic mass is 10.4. The monoisotopic (exact) mass is 282 g/mol. The molecule has 1 fully saturated rings. The summed E-state index contributed by atoms with van der Waals surface area (Å²) in [7, 11) is 0. The van der Waals surface area contributed by atoms with E-state index in [0.29, 0.717) is 25.1 Å². The number of anilines is 2. The number of aromatic nitrogens is 3. The van der Waals surface area contributed by atoms with Crippen LogP contribution in [0.15, 0.2) is 0 Å². The Hall–Kier alpha value is -1.67. The highest BCUT2D eigenvalue weighted by molar-refractivity contribution is 5.38. The van der Waals surface area contributed by atoms with Crippen molar-refractivity contribution >= 4 is 11.9 Å². The Morgan fingerprint density at radius 3 is 2.60 bits per heavy atom. The molecule has 0 amide bonds.